The molecule has 2 aromatic rings. The Morgan fingerprint density at radius 3 is 2.52 bits per heavy atom. The summed E-state index contributed by atoms with van der Waals surface area (Å²) in [6.07, 6.45) is 0.266. The highest BCUT2D eigenvalue weighted by atomic mass is 35.5. The molecule has 2 unspecified atom stereocenters. The van der Waals surface area contributed by atoms with Crippen LogP contribution in [0.1, 0.15) is 38.0 Å². The van der Waals surface area contributed by atoms with Gasteiger partial charge in [0.25, 0.3) is 0 Å². The summed E-state index contributed by atoms with van der Waals surface area (Å²) >= 11 is 12.1. The van der Waals surface area contributed by atoms with Gasteiger partial charge in [-0.1, -0.05) is 62.2 Å². The Hall–Kier alpha value is -1.86. The average Bonchev–Trinajstić information content (AvgIpc) is 2.76. The van der Waals surface area contributed by atoms with Crippen molar-refractivity contribution in [2.24, 2.45) is 11.8 Å². The van der Waals surface area contributed by atoms with E-state index in [-0.39, 0.29) is 29.7 Å². The molecule has 2 rings (SSSR count). The molecular formula is C25H34Cl2FN3O2. The maximum Gasteiger partial charge on any atom is 0.223 e. The lowest BCUT2D eigenvalue weighted by molar-refractivity contribution is -0.124. The molecule has 0 aliphatic carbocycles. The Morgan fingerprint density at radius 1 is 1.09 bits per heavy atom. The third-order valence-corrected chi connectivity index (χ3v) is 5.91. The number of amides is 1. The highest BCUT2D eigenvalue weighted by Crippen LogP contribution is 2.33. The zero-order valence-electron chi connectivity index (χ0n) is 19.7. The molecule has 5 nitrogen and oxygen atoms in total. The van der Waals surface area contributed by atoms with Crippen LogP contribution in [0.3, 0.4) is 0 Å². The summed E-state index contributed by atoms with van der Waals surface area (Å²) in [4.78, 5) is 12.5. The van der Waals surface area contributed by atoms with Crippen molar-refractivity contribution in [3.63, 3.8) is 0 Å². The molecule has 0 spiro atoms. The van der Waals surface area contributed by atoms with E-state index >= 15 is 0 Å². The largest absolute Gasteiger partial charge is 0.381 e. The van der Waals surface area contributed by atoms with Crippen molar-refractivity contribution >= 4 is 34.8 Å². The van der Waals surface area contributed by atoms with Crippen LogP contribution in [-0.4, -0.2) is 39.2 Å². The number of hydrogen-bond donors (Lipinski definition) is 3. The second-order valence-electron chi connectivity index (χ2n) is 8.40. The second kappa shape index (κ2) is 13.8. The van der Waals surface area contributed by atoms with Crippen LogP contribution in [0, 0.1) is 17.7 Å². The summed E-state index contributed by atoms with van der Waals surface area (Å²) < 4.78 is 20.7. The summed E-state index contributed by atoms with van der Waals surface area (Å²) in [6, 6.07) is 10.3. The minimum Gasteiger partial charge on any atom is -0.381 e. The molecule has 0 heterocycles. The van der Waals surface area contributed by atoms with Gasteiger partial charge in [0.1, 0.15) is 5.82 Å². The van der Waals surface area contributed by atoms with E-state index < -0.39 is 0 Å². The Balaban J connectivity index is 1.93. The average molecular weight is 498 g/mol. The van der Waals surface area contributed by atoms with Gasteiger partial charge >= 0.3 is 0 Å². The van der Waals surface area contributed by atoms with E-state index in [2.05, 4.69) is 16.0 Å². The van der Waals surface area contributed by atoms with Crippen LogP contribution in [-0.2, 0) is 16.0 Å². The van der Waals surface area contributed by atoms with Gasteiger partial charge < -0.3 is 20.7 Å². The fraction of sp³-hybridized carbons (Fsp3) is 0.480. The molecule has 8 heteroatoms. The molecule has 0 radical (unpaired) electrons. The number of ether oxygens (including phenoxy) is 1. The number of carbonyl (C=O) groups is 1. The lowest BCUT2D eigenvalue weighted by atomic mass is 9.97. The molecule has 2 atom stereocenters. The van der Waals surface area contributed by atoms with Crippen molar-refractivity contribution in [3.8, 4) is 0 Å². The molecule has 2 aromatic carbocycles. The van der Waals surface area contributed by atoms with Crippen LogP contribution in [0.5, 0.6) is 0 Å². The third kappa shape index (κ3) is 8.45. The van der Waals surface area contributed by atoms with Gasteiger partial charge in [-0.15, -0.1) is 0 Å². The van der Waals surface area contributed by atoms with Crippen molar-refractivity contribution in [2.45, 2.75) is 33.3 Å². The van der Waals surface area contributed by atoms with Gasteiger partial charge in [0.15, 0.2) is 0 Å². The minimum atomic E-state index is -0.340. The molecule has 0 aromatic heterocycles. The number of nitrogens with one attached hydrogen (secondary N) is 3. The van der Waals surface area contributed by atoms with Gasteiger partial charge in [0.05, 0.1) is 18.4 Å². The maximum absolute atomic E-state index is 14.6. The standard InChI is InChI=1S/C25H34Cl2FN3O2/c1-16(2)24(33-13-12-29-4)20-6-5-7-22(28)23(20)30-10-11-31-25(32)17(3)14-18-8-9-19(26)15-21(18)27/h5-9,15-17,24,29-30H,10-14H2,1-4H3,(H,31,32). The molecule has 0 aliphatic heterocycles. The van der Waals surface area contributed by atoms with Gasteiger partial charge in [-0.25, -0.2) is 4.39 Å². The van der Waals surface area contributed by atoms with E-state index in [0.29, 0.717) is 48.4 Å². The zero-order valence-corrected chi connectivity index (χ0v) is 21.2. The number of rotatable bonds is 13. The lowest BCUT2D eigenvalue weighted by Gasteiger charge is -2.25. The number of halogens is 3. The first-order chi connectivity index (χ1) is 15.7. The number of benzene rings is 2. The molecule has 33 heavy (non-hydrogen) atoms. The molecule has 3 N–H and O–H groups in total. The molecule has 0 bridgehead atoms. The predicted molar refractivity (Wildman–Crippen MR) is 135 cm³/mol. The summed E-state index contributed by atoms with van der Waals surface area (Å²) in [6.45, 7) is 7.93. The first-order valence-electron chi connectivity index (χ1n) is 11.2. The highest BCUT2D eigenvalue weighted by molar-refractivity contribution is 6.35. The molecular weight excluding hydrogens is 464 g/mol. The van der Waals surface area contributed by atoms with Crippen molar-refractivity contribution in [3.05, 3.63) is 63.4 Å². The third-order valence-electron chi connectivity index (χ3n) is 5.32. The number of carbonyl (C=O) groups excluding carboxylic acids is 1. The van der Waals surface area contributed by atoms with E-state index in [1.165, 1.54) is 6.07 Å². The van der Waals surface area contributed by atoms with E-state index in [1.807, 2.05) is 40.0 Å². The van der Waals surface area contributed by atoms with Crippen LogP contribution < -0.4 is 16.0 Å². The second-order valence-corrected chi connectivity index (χ2v) is 9.25. The summed E-state index contributed by atoms with van der Waals surface area (Å²) in [5.41, 5.74) is 2.06. The normalized spacial score (nSPS) is 13.1. The fourth-order valence-electron chi connectivity index (χ4n) is 3.55. The number of likely N-dealkylation sites (N-methyl/N-ethyl adjacent to an activating group) is 1. The monoisotopic (exact) mass is 497 g/mol. The number of para-hydroxylation sites is 1. The topological polar surface area (TPSA) is 62.4 Å². The number of anilines is 1. The van der Waals surface area contributed by atoms with Crippen LogP contribution >= 0.6 is 23.2 Å². The molecule has 0 fully saturated rings. The SMILES string of the molecule is CNCCOC(c1cccc(F)c1NCCNC(=O)C(C)Cc1ccc(Cl)cc1Cl)C(C)C. The van der Waals surface area contributed by atoms with Crippen molar-refractivity contribution in [1.29, 1.82) is 0 Å². The van der Waals surface area contributed by atoms with E-state index in [1.54, 1.807) is 18.2 Å². The first-order valence-corrected chi connectivity index (χ1v) is 12.0. The maximum atomic E-state index is 14.6. The van der Waals surface area contributed by atoms with E-state index in [0.717, 1.165) is 11.1 Å². The zero-order chi connectivity index (χ0) is 24.4. The van der Waals surface area contributed by atoms with Gasteiger partial charge in [-0.2, -0.15) is 0 Å². The van der Waals surface area contributed by atoms with Crippen LogP contribution in [0.15, 0.2) is 36.4 Å². The summed E-state index contributed by atoms with van der Waals surface area (Å²) in [5, 5.41) is 10.2. The van der Waals surface area contributed by atoms with Gasteiger partial charge in [-0.05, 0) is 43.1 Å². The van der Waals surface area contributed by atoms with Crippen LogP contribution in [0.4, 0.5) is 10.1 Å². The Labute approximate surface area is 206 Å². The summed E-state index contributed by atoms with van der Waals surface area (Å²) in [7, 11) is 1.86. The fourth-order valence-corrected chi connectivity index (χ4v) is 4.04. The van der Waals surface area contributed by atoms with Gasteiger partial charge in [0.2, 0.25) is 5.91 Å². The first kappa shape index (κ1) is 27.4. The van der Waals surface area contributed by atoms with Crippen LogP contribution in [0.25, 0.3) is 0 Å². The smallest absolute Gasteiger partial charge is 0.223 e. The highest BCUT2D eigenvalue weighted by Gasteiger charge is 2.22. The molecule has 0 aliphatic rings. The summed E-state index contributed by atoms with van der Waals surface area (Å²) in [5.74, 6) is -0.525. The van der Waals surface area contributed by atoms with Crippen molar-refractivity contribution in [1.82, 2.24) is 10.6 Å². The quantitative estimate of drug-likeness (QED) is 0.321. The predicted octanol–water partition coefficient (Wildman–Crippen LogP) is 5.47. The molecule has 182 valence electrons. The Kier molecular flexibility index (Phi) is 11.4. The van der Waals surface area contributed by atoms with E-state index in [4.69, 9.17) is 27.9 Å². The minimum absolute atomic E-state index is 0.0907. The van der Waals surface area contributed by atoms with Gasteiger partial charge in [-0.3, -0.25) is 4.79 Å². The lowest BCUT2D eigenvalue weighted by Crippen LogP contribution is -2.34. The van der Waals surface area contributed by atoms with Gasteiger partial charge in [0, 0.05) is 41.2 Å². The number of hydrogen-bond acceptors (Lipinski definition) is 4. The van der Waals surface area contributed by atoms with Crippen LogP contribution in [0.2, 0.25) is 10.0 Å². The Morgan fingerprint density at radius 2 is 1.85 bits per heavy atom. The van der Waals surface area contributed by atoms with Crippen molar-refractivity contribution in [2.75, 3.05) is 38.6 Å². The Bertz CT molecular complexity index is 911. The molecule has 0 saturated carbocycles. The molecule has 1 amide bonds. The van der Waals surface area contributed by atoms with E-state index in [9.17, 15) is 9.18 Å². The van der Waals surface area contributed by atoms with Crippen molar-refractivity contribution < 1.29 is 13.9 Å². The molecule has 0 saturated heterocycles.